The SMILES string of the molecule is CC(C)(C)OC(=O)N1CCC[C@H](NCc2nnc3n2CCCCC3)C1. The zero-order valence-electron chi connectivity index (χ0n) is 15.8. The standard InChI is InChI=1S/C18H31N5O2/c1-18(2,3)25-17(24)22-10-7-8-14(13-22)19-12-16-21-20-15-9-5-4-6-11-23(15)16/h14,19H,4-13H2,1-3H3/t14-/m0/s1. The Hall–Kier alpha value is -1.63. The topological polar surface area (TPSA) is 72.3 Å². The summed E-state index contributed by atoms with van der Waals surface area (Å²) in [4.78, 5) is 14.1. The highest BCUT2D eigenvalue weighted by Crippen LogP contribution is 2.17. The fourth-order valence-electron chi connectivity index (χ4n) is 3.55. The number of carbonyl (C=O) groups excluding carboxylic acids is 1. The first-order chi connectivity index (χ1) is 11.9. The van der Waals surface area contributed by atoms with Crippen LogP contribution in [-0.2, 0) is 24.2 Å². The molecule has 0 bridgehead atoms. The van der Waals surface area contributed by atoms with Crippen LogP contribution in [0, 0.1) is 0 Å². The average molecular weight is 349 g/mol. The summed E-state index contributed by atoms with van der Waals surface area (Å²) >= 11 is 0. The maximum atomic E-state index is 12.3. The highest BCUT2D eigenvalue weighted by atomic mass is 16.6. The lowest BCUT2D eigenvalue weighted by molar-refractivity contribution is 0.0187. The first-order valence-electron chi connectivity index (χ1n) is 9.54. The van der Waals surface area contributed by atoms with Crippen LogP contribution in [0.2, 0.25) is 0 Å². The second kappa shape index (κ2) is 7.72. The van der Waals surface area contributed by atoms with Crippen LogP contribution in [0.3, 0.4) is 0 Å². The quantitative estimate of drug-likeness (QED) is 0.908. The number of hydrogen-bond donors (Lipinski definition) is 1. The van der Waals surface area contributed by atoms with Crippen LogP contribution < -0.4 is 5.32 Å². The van der Waals surface area contributed by atoms with Crippen LogP contribution in [0.4, 0.5) is 4.79 Å². The number of aryl methyl sites for hydroxylation is 1. The van der Waals surface area contributed by atoms with Gasteiger partial charge in [-0.3, -0.25) is 0 Å². The van der Waals surface area contributed by atoms with Gasteiger partial charge in [0.05, 0.1) is 6.54 Å². The fraction of sp³-hybridized carbons (Fsp3) is 0.833. The van der Waals surface area contributed by atoms with Gasteiger partial charge in [-0.25, -0.2) is 4.79 Å². The molecule has 0 aliphatic carbocycles. The van der Waals surface area contributed by atoms with Crippen LogP contribution in [0.1, 0.15) is 64.5 Å². The summed E-state index contributed by atoms with van der Waals surface area (Å²) in [6.07, 6.45) is 6.56. The van der Waals surface area contributed by atoms with Crippen LogP contribution in [0.25, 0.3) is 0 Å². The molecule has 0 saturated carbocycles. The molecule has 1 aromatic heterocycles. The molecule has 1 N–H and O–H groups in total. The van der Waals surface area contributed by atoms with Gasteiger partial charge in [0.2, 0.25) is 0 Å². The van der Waals surface area contributed by atoms with Crippen LogP contribution in [0.5, 0.6) is 0 Å². The van der Waals surface area contributed by atoms with Crippen molar-refractivity contribution in [1.29, 1.82) is 0 Å². The third-order valence-electron chi connectivity index (χ3n) is 4.81. The van der Waals surface area contributed by atoms with Crippen molar-refractivity contribution in [3.05, 3.63) is 11.6 Å². The Morgan fingerprint density at radius 2 is 2.04 bits per heavy atom. The number of likely N-dealkylation sites (tertiary alicyclic amines) is 1. The van der Waals surface area contributed by atoms with E-state index in [0.29, 0.717) is 13.1 Å². The molecule has 7 nitrogen and oxygen atoms in total. The Labute approximate surface area is 150 Å². The van der Waals surface area contributed by atoms with Crippen molar-refractivity contribution in [2.24, 2.45) is 0 Å². The highest BCUT2D eigenvalue weighted by molar-refractivity contribution is 5.68. The molecule has 0 aromatic carbocycles. The Balaban J connectivity index is 1.53. The lowest BCUT2D eigenvalue weighted by Gasteiger charge is -2.34. The number of ether oxygens (including phenoxy) is 1. The second-order valence-corrected chi connectivity index (χ2v) is 8.14. The van der Waals surface area contributed by atoms with Gasteiger partial charge in [-0.05, 0) is 46.5 Å². The van der Waals surface area contributed by atoms with E-state index >= 15 is 0 Å². The molecule has 7 heteroatoms. The monoisotopic (exact) mass is 349 g/mol. The molecule has 0 radical (unpaired) electrons. The molecule has 1 saturated heterocycles. The summed E-state index contributed by atoms with van der Waals surface area (Å²) in [5.41, 5.74) is -0.448. The molecule has 0 spiro atoms. The zero-order chi connectivity index (χ0) is 17.9. The summed E-state index contributed by atoms with van der Waals surface area (Å²) in [7, 11) is 0. The Morgan fingerprint density at radius 1 is 1.20 bits per heavy atom. The summed E-state index contributed by atoms with van der Waals surface area (Å²) in [6, 6.07) is 0.278. The largest absolute Gasteiger partial charge is 0.444 e. The van der Waals surface area contributed by atoms with E-state index in [1.165, 1.54) is 19.3 Å². The second-order valence-electron chi connectivity index (χ2n) is 8.14. The first-order valence-corrected chi connectivity index (χ1v) is 9.54. The number of amides is 1. The van der Waals surface area contributed by atoms with Crippen molar-refractivity contribution in [2.75, 3.05) is 13.1 Å². The summed E-state index contributed by atoms with van der Waals surface area (Å²) in [6.45, 7) is 8.90. The number of piperidine rings is 1. The average Bonchev–Trinajstić information content (AvgIpc) is 2.78. The number of hydrogen-bond acceptors (Lipinski definition) is 5. The molecule has 140 valence electrons. The van der Waals surface area contributed by atoms with Crippen molar-refractivity contribution in [3.63, 3.8) is 0 Å². The maximum absolute atomic E-state index is 12.3. The number of fused-ring (bicyclic) bond motifs is 1. The van der Waals surface area contributed by atoms with E-state index in [9.17, 15) is 4.79 Å². The molecule has 1 atom stereocenters. The smallest absolute Gasteiger partial charge is 0.410 e. The van der Waals surface area contributed by atoms with Crippen LogP contribution in [-0.4, -0.2) is 50.5 Å². The minimum Gasteiger partial charge on any atom is -0.444 e. The predicted octanol–water partition coefficient (Wildman–Crippen LogP) is 2.49. The van der Waals surface area contributed by atoms with Gasteiger partial charge < -0.3 is 19.5 Å². The minimum atomic E-state index is -0.448. The van der Waals surface area contributed by atoms with Crippen molar-refractivity contribution < 1.29 is 9.53 Å². The van der Waals surface area contributed by atoms with Crippen molar-refractivity contribution in [1.82, 2.24) is 25.0 Å². The predicted molar refractivity (Wildman–Crippen MR) is 95.2 cm³/mol. The lowest BCUT2D eigenvalue weighted by Crippen LogP contribution is -2.49. The van der Waals surface area contributed by atoms with Crippen LogP contribution >= 0.6 is 0 Å². The van der Waals surface area contributed by atoms with Gasteiger partial charge in [-0.2, -0.15) is 0 Å². The number of rotatable bonds is 3. The van der Waals surface area contributed by atoms with Gasteiger partial charge in [0.15, 0.2) is 0 Å². The molecule has 2 aliphatic rings. The number of nitrogens with one attached hydrogen (secondary N) is 1. The van der Waals surface area contributed by atoms with E-state index in [4.69, 9.17) is 4.74 Å². The third kappa shape index (κ3) is 4.93. The summed E-state index contributed by atoms with van der Waals surface area (Å²) in [5.74, 6) is 2.14. The van der Waals surface area contributed by atoms with E-state index < -0.39 is 5.60 Å². The molecule has 3 heterocycles. The lowest BCUT2D eigenvalue weighted by atomic mass is 10.1. The van der Waals surface area contributed by atoms with Crippen LogP contribution in [0.15, 0.2) is 0 Å². The van der Waals surface area contributed by atoms with Crippen molar-refractivity contribution >= 4 is 6.09 Å². The molecule has 25 heavy (non-hydrogen) atoms. The highest BCUT2D eigenvalue weighted by Gasteiger charge is 2.27. The number of aromatic nitrogens is 3. The summed E-state index contributed by atoms with van der Waals surface area (Å²) in [5, 5.41) is 12.3. The van der Waals surface area contributed by atoms with Crippen molar-refractivity contribution in [2.45, 2.75) is 84.0 Å². The van der Waals surface area contributed by atoms with Gasteiger partial charge in [-0.1, -0.05) is 6.42 Å². The van der Waals surface area contributed by atoms with Crippen molar-refractivity contribution in [3.8, 4) is 0 Å². The zero-order valence-corrected chi connectivity index (χ0v) is 15.8. The van der Waals surface area contributed by atoms with Gasteiger partial charge in [-0.15, -0.1) is 10.2 Å². The normalized spacial score (nSPS) is 21.6. The molecule has 0 unspecified atom stereocenters. The molecular weight excluding hydrogens is 318 g/mol. The van der Waals surface area contributed by atoms with E-state index in [-0.39, 0.29) is 12.1 Å². The minimum absolute atomic E-state index is 0.213. The molecule has 1 fully saturated rings. The molecule has 1 aromatic rings. The summed E-state index contributed by atoms with van der Waals surface area (Å²) < 4.78 is 7.77. The number of carbonyl (C=O) groups is 1. The molecular formula is C18H31N5O2. The molecule has 3 rings (SSSR count). The van der Waals surface area contributed by atoms with E-state index in [1.54, 1.807) is 0 Å². The Kier molecular flexibility index (Phi) is 5.61. The Bertz CT molecular complexity index is 593. The van der Waals surface area contributed by atoms with E-state index in [1.807, 2.05) is 25.7 Å². The van der Waals surface area contributed by atoms with Gasteiger partial charge in [0.25, 0.3) is 0 Å². The fourth-order valence-corrected chi connectivity index (χ4v) is 3.55. The van der Waals surface area contributed by atoms with Gasteiger partial charge in [0.1, 0.15) is 17.2 Å². The third-order valence-corrected chi connectivity index (χ3v) is 4.81. The number of nitrogens with zero attached hydrogens (tertiary/aromatic N) is 4. The van der Waals surface area contributed by atoms with Gasteiger partial charge in [0, 0.05) is 32.1 Å². The Morgan fingerprint density at radius 3 is 2.84 bits per heavy atom. The van der Waals surface area contributed by atoms with Gasteiger partial charge >= 0.3 is 6.09 Å². The van der Waals surface area contributed by atoms with E-state index in [2.05, 4.69) is 20.1 Å². The molecule has 2 aliphatic heterocycles. The van der Waals surface area contributed by atoms with E-state index in [0.717, 1.165) is 44.0 Å². The molecule has 1 amide bonds. The maximum Gasteiger partial charge on any atom is 0.410 e. The first kappa shape index (κ1) is 18.2.